The van der Waals surface area contributed by atoms with Crippen LogP contribution >= 0.6 is 15.9 Å². The summed E-state index contributed by atoms with van der Waals surface area (Å²) in [7, 11) is 0. The molecule has 1 aromatic heterocycles. The van der Waals surface area contributed by atoms with Crippen molar-refractivity contribution in [3.63, 3.8) is 0 Å². The van der Waals surface area contributed by atoms with Crippen molar-refractivity contribution in [3.05, 3.63) is 16.5 Å². The molecule has 78 valence electrons. The van der Waals surface area contributed by atoms with Gasteiger partial charge in [0.15, 0.2) is 11.6 Å². The average Bonchev–Trinajstić information content (AvgIpc) is 2.04. The van der Waals surface area contributed by atoms with Gasteiger partial charge in [0.05, 0.1) is 6.20 Å². The van der Waals surface area contributed by atoms with E-state index < -0.39 is 28.3 Å². The van der Waals surface area contributed by atoms with E-state index in [1.807, 2.05) is 0 Å². The van der Waals surface area contributed by atoms with Crippen LogP contribution in [0.25, 0.3) is 0 Å². The van der Waals surface area contributed by atoms with Crippen molar-refractivity contribution < 1.29 is 27.4 Å². The SMILES string of the molecule is Oc1c(OC(F)(F)F)ncc(F)c1Br. The Morgan fingerprint density at radius 3 is 2.50 bits per heavy atom. The molecule has 0 fully saturated rings. The maximum Gasteiger partial charge on any atom is 0.574 e. The molecule has 0 aromatic carbocycles. The quantitative estimate of drug-likeness (QED) is 0.801. The van der Waals surface area contributed by atoms with E-state index in [9.17, 15) is 17.6 Å². The van der Waals surface area contributed by atoms with Crippen LogP contribution in [0.1, 0.15) is 0 Å². The van der Waals surface area contributed by atoms with E-state index in [0.29, 0.717) is 6.20 Å². The molecule has 0 aliphatic rings. The number of halogens is 5. The third kappa shape index (κ3) is 2.47. The molecule has 0 saturated heterocycles. The molecule has 0 amide bonds. The van der Waals surface area contributed by atoms with E-state index >= 15 is 0 Å². The average molecular weight is 276 g/mol. The molecule has 0 bridgehead atoms. The molecular weight excluding hydrogens is 274 g/mol. The molecule has 1 rings (SSSR count). The van der Waals surface area contributed by atoms with Crippen molar-refractivity contribution in [1.29, 1.82) is 0 Å². The van der Waals surface area contributed by atoms with Crippen LogP contribution in [0.4, 0.5) is 17.6 Å². The van der Waals surface area contributed by atoms with Gasteiger partial charge in [0.2, 0.25) is 0 Å². The van der Waals surface area contributed by atoms with Gasteiger partial charge in [0.1, 0.15) is 4.47 Å². The molecule has 0 spiro atoms. The minimum atomic E-state index is -4.98. The Labute approximate surface area is 83.5 Å². The topological polar surface area (TPSA) is 42.4 Å². The molecule has 0 atom stereocenters. The first kappa shape index (κ1) is 11.0. The molecule has 0 aliphatic heterocycles. The first-order valence-corrected chi connectivity index (χ1v) is 3.89. The summed E-state index contributed by atoms with van der Waals surface area (Å²) in [4.78, 5) is 2.93. The van der Waals surface area contributed by atoms with E-state index in [1.54, 1.807) is 0 Å². The standard InChI is InChI=1S/C6H2BrF4NO2/c7-3-2(8)1-12-5(4(3)13)14-6(9,10)11/h1,13H. The number of pyridine rings is 1. The third-order valence-electron chi connectivity index (χ3n) is 1.13. The number of ether oxygens (including phenoxy) is 1. The van der Waals surface area contributed by atoms with E-state index in [0.717, 1.165) is 0 Å². The molecule has 1 aromatic rings. The van der Waals surface area contributed by atoms with E-state index in [4.69, 9.17) is 5.11 Å². The van der Waals surface area contributed by atoms with Crippen molar-refractivity contribution in [1.82, 2.24) is 4.98 Å². The fourth-order valence-electron chi connectivity index (χ4n) is 0.624. The largest absolute Gasteiger partial charge is 0.574 e. The summed E-state index contributed by atoms with van der Waals surface area (Å²) < 4.78 is 50.4. The fourth-order valence-corrected chi connectivity index (χ4v) is 0.896. The van der Waals surface area contributed by atoms with Crippen LogP contribution in [0.15, 0.2) is 10.7 Å². The first-order chi connectivity index (χ1) is 6.31. The summed E-state index contributed by atoms with van der Waals surface area (Å²) in [5.41, 5.74) is 0. The van der Waals surface area contributed by atoms with Gasteiger partial charge in [-0.1, -0.05) is 0 Å². The zero-order chi connectivity index (χ0) is 10.9. The van der Waals surface area contributed by atoms with Gasteiger partial charge in [-0.25, -0.2) is 9.37 Å². The zero-order valence-corrected chi connectivity index (χ0v) is 7.86. The van der Waals surface area contributed by atoms with Gasteiger partial charge in [-0.05, 0) is 15.9 Å². The summed E-state index contributed by atoms with van der Waals surface area (Å²) >= 11 is 2.53. The number of alkyl halides is 3. The van der Waals surface area contributed by atoms with Crippen molar-refractivity contribution >= 4 is 15.9 Å². The van der Waals surface area contributed by atoms with Crippen LogP contribution < -0.4 is 4.74 Å². The van der Waals surface area contributed by atoms with Crippen molar-refractivity contribution in [2.24, 2.45) is 0 Å². The van der Waals surface area contributed by atoms with Crippen molar-refractivity contribution in [2.45, 2.75) is 6.36 Å². The predicted molar refractivity (Wildman–Crippen MR) is 40.2 cm³/mol. The smallest absolute Gasteiger partial charge is 0.502 e. The van der Waals surface area contributed by atoms with Crippen LogP contribution in [0.5, 0.6) is 11.6 Å². The Hall–Kier alpha value is -1.05. The van der Waals surface area contributed by atoms with Gasteiger partial charge in [-0.2, -0.15) is 0 Å². The molecule has 0 radical (unpaired) electrons. The molecule has 3 nitrogen and oxygen atoms in total. The Morgan fingerprint density at radius 1 is 1.43 bits per heavy atom. The lowest BCUT2D eigenvalue weighted by Crippen LogP contribution is -2.18. The molecule has 0 unspecified atom stereocenters. The number of nitrogens with zero attached hydrogens (tertiary/aromatic N) is 1. The molecule has 0 aliphatic carbocycles. The van der Waals surface area contributed by atoms with Gasteiger partial charge < -0.3 is 9.84 Å². The highest BCUT2D eigenvalue weighted by Crippen LogP contribution is 2.36. The number of rotatable bonds is 1. The van der Waals surface area contributed by atoms with Gasteiger partial charge in [-0.15, -0.1) is 13.2 Å². The van der Waals surface area contributed by atoms with Crippen LogP contribution in [0, 0.1) is 5.82 Å². The lowest BCUT2D eigenvalue weighted by molar-refractivity contribution is -0.276. The zero-order valence-electron chi connectivity index (χ0n) is 6.27. The van der Waals surface area contributed by atoms with Crippen LogP contribution in [-0.2, 0) is 0 Å². The van der Waals surface area contributed by atoms with Crippen LogP contribution in [0.3, 0.4) is 0 Å². The lowest BCUT2D eigenvalue weighted by Gasteiger charge is -2.09. The Bertz CT molecular complexity index is 354. The van der Waals surface area contributed by atoms with Crippen LogP contribution in [0.2, 0.25) is 0 Å². The maximum absolute atomic E-state index is 12.6. The maximum atomic E-state index is 12.6. The summed E-state index contributed by atoms with van der Waals surface area (Å²) in [5.74, 6) is -3.13. The Morgan fingerprint density at radius 2 is 2.00 bits per heavy atom. The summed E-state index contributed by atoms with van der Waals surface area (Å²) in [6.07, 6.45) is -4.49. The lowest BCUT2D eigenvalue weighted by atomic mass is 10.4. The molecule has 8 heteroatoms. The monoisotopic (exact) mass is 275 g/mol. The summed E-state index contributed by atoms with van der Waals surface area (Å²) in [6.45, 7) is 0. The van der Waals surface area contributed by atoms with Gasteiger partial charge in [-0.3, -0.25) is 0 Å². The molecule has 1 N–H and O–H groups in total. The minimum Gasteiger partial charge on any atom is -0.502 e. The second kappa shape index (κ2) is 3.60. The minimum absolute atomic E-state index is 0.491. The highest BCUT2D eigenvalue weighted by molar-refractivity contribution is 9.10. The molecule has 14 heavy (non-hydrogen) atoms. The second-order valence-corrected chi connectivity index (χ2v) is 2.91. The Balaban J connectivity index is 3.06. The molecule has 0 saturated carbocycles. The first-order valence-electron chi connectivity index (χ1n) is 3.10. The summed E-state index contributed by atoms with van der Waals surface area (Å²) in [6, 6.07) is 0. The fraction of sp³-hybridized carbons (Fsp3) is 0.167. The van der Waals surface area contributed by atoms with Gasteiger partial charge >= 0.3 is 6.36 Å². The summed E-state index contributed by atoms with van der Waals surface area (Å²) in [5, 5.41) is 8.97. The van der Waals surface area contributed by atoms with Gasteiger partial charge in [0, 0.05) is 0 Å². The third-order valence-corrected chi connectivity index (χ3v) is 1.88. The number of aromatic hydroxyl groups is 1. The Kier molecular flexibility index (Phi) is 2.84. The van der Waals surface area contributed by atoms with Crippen molar-refractivity contribution in [3.8, 4) is 11.6 Å². The van der Waals surface area contributed by atoms with Gasteiger partial charge in [0.25, 0.3) is 5.88 Å². The van der Waals surface area contributed by atoms with E-state index in [-0.39, 0.29) is 0 Å². The number of hydrogen-bond acceptors (Lipinski definition) is 3. The normalized spacial score (nSPS) is 11.5. The number of aromatic nitrogens is 1. The highest BCUT2D eigenvalue weighted by atomic mass is 79.9. The second-order valence-electron chi connectivity index (χ2n) is 2.12. The van der Waals surface area contributed by atoms with Crippen LogP contribution in [-0.4, -0.2) is 16.5 Å². The van der Waals surface area contributed by atoms with Crippen molar-refractivity contribution in [2.75, 3.05) is 0 Å². The molecule has 1 heterocycles. The predicted octanol–water partition coefficient (Wildman–Crippen LogP) is 2.59. The van der Waals surface area contributed by atoms with E-state index in [1.165, 1.54) is 0 Å². The molecular formula is C6H2BrF4NO2. The number of hydrogen-bond donors (Lipinski definition) is 1. The van der Waals surface area contributed by atoms with E-state index in [2.05, 4.69) is 25.7 Å². The highest BCUT2D eigenvalue weighted by Gasteiger charge is 2.33.